The van der Waals surface area contributed by atoms with Crippen LogP contribution in [0.3, 0.4) is 0 Å². The van der Waals surface area contributed by atoms with Crippen molar-refractivity contribution in [3.63, 3.8) is 0 Å². The third-order valence-corrected chi connectivity index (χ3v) is 6.90. The zero-order valence-electron chi connectivity index (χ0n) is 16.4. The van der Waals surface area contributed by atoms with Crippen LogP contribution in [0.1, 0.15) is 24.3 Å². The van der Waals surface area contributed by atoms with Gasteiger partial charge in [0.2, 0.25) is 11.8 Å². The molecular weight excluding hydrogens is 340 g/mol. The molecule has 3 aliphatic heterocycles. The molecule has 3 heterocycles. The maximum absolute atomic E-state index is 13.4. The summed E-state index contributed by atoms with van der Waals surface area (Å²) in [5, 5.41) is 2.92. The molecule has 1 aromatic rings. The van der Waals surface area contributed by atoms with Crippen LogP contribution in [0.5, 0.6) is 0 Å². The Balaban J connectivity index is 1.53. The molecule has 27 heavy (non-hydrogen) atoms. The van der Waals surface area contributed by atoms with E-state index in [1.165, 1.54) is 0 Å². The summed E-state index contributed by atoms with van der Waals surface area (Å²) in [6.45, 7) is 4.98. The largest absolute Gasteiger partial charge is 0.355 e. The van der Waals surface area contributed by atoms with E-state index >= 15 is 0 Å². The molecule has 0 radical (unpaired) electrons. The van der Waals surface area contributed by atoms with E-state index in [0.717, 1.165) is 44.6 Å². The average Bonchev–Trinajstić information content (AvgIpc) is 3.08. The summed E-state index contributed by atoms with van der Waals surface area (Å²) >= 11 is 0. The SMILES string of the molecule is CN1CCC2(CC1)CN(C(=O)[C@H]1C(=O)NC[C@@H]1c1ccccc1)CCN2C. The first-order valence-corrected chi connectivity index (χ1v) is 10.0. The summed E-state index contributed by atoms with van der Waals surface area (Å²) in [5.74, 6) is -0.783. The Hall–Kier alpha value is -1.92. The van der Waals surface area contributed by atoms with E-state index in [0.29, 0.717) is 13.1 Å². The van der Waals surface area contributed by atoms with Gasteiger partial charge in [0.25, 0.3) is 0 Å². The third-order valence-electron chi connectivity index (χ3n) is 6.90. The first-order chi connectivity index (χ1) is 13.0. The van der Waals surface area contributed by atoms with Gasteiger partial charge in [-0.25, -0.2) is 0 Å². The minimum absolute atomic E-state index is 0.00487. The molecule has 0 aromatic heterocycles. The Morgan fingerprint density at radius 2 is 1.78 bits per heavy atom. The predicted molar refractivity (Wildman–Crippen MR) is 104 cm³/mol. The van der Waals surface area contributed by atoms with Gasteiger partial charge < -0.3 is 15.1 Å². The lowest BCUT2D eigenvalue weighted by Crippen LogP contribution is -2.65. The van der Waals surface area contributed by atoms with Gasteiger partial charge in [0.1, 0.15) is 5.92 Å². The number of rotatable bonds is 2. The topological polar surface area (TPSA) is 55.9 Å². The van der Waals surface area contributed by atoms with Crippen LogP contribution < -0.4 is 5.32 Å². The van der Waals surface area contributed by atoms with E-state index in [1.807, 2.05) is 35.2 Å². The highest BCUT2D eigenvalue weighted by Gasteiger charge is 2.47. The van der Waals surface area contributed by atoms with Crippen LogP contribution in [-0.2, 0) is 9.59 Å². The summed E-state index contributed by atoms with van der Waals surface area (Å²) in [4.78, 5) is 32.7. The highest BCUT2D eigenvalue weighted by atomic mass is 16.2. The summed E-state index contributed by atoms with van der Waals surface area (Å²) in [6, 6.07) is 9.96. The smallest absolute Gasteiger partial charge is 0.235 e. The van der Waals surface area contributed by atoms with E-state index in [2.05, 4.69) is 29.2 Å². The van der Waals surface area contributed by atoms with Crippen molar-refractivity contribution >= 4 is 11.8 Å². The summed E-state index contributed by atoms with van der Waals surface area (Å²) in [5.41, 5.74) is 1.12. The number of piperazine rings is 1. The van der Waals surface area contributed by atoms with Crippen LogP contribution >= 0.6 is 0 Å². The number of likely N-dealkylation sites (tertiary alicyclic amines) is 1. The number of amides is 2. The van der Waals surface area contributed by atoms with Crippen molar-refractivity contribution < 1.29 is 9.59 Å². The van der Waals surface area contributed by atoms with E-state index in [1.54, 1.807) is 0 Å². The van der Waals surface area contributed by atoms with Crippen molar-refractivity contribution in [2.24, 2.45) is 5.92 Å². The fraction of sp³-hybridized carbons (Fsp3) is 0.619. The van der Waals surface area contributed by atoms with Crippen molar-refractivity contribution in [2.45, 2.75) is 24.3 Å². The first kappa shape index (κ1) is 18.4. The molecule has 0 aliphatic carbocycles. The molecule has 1 N–H and O–H groups in total. The van der Waals surface area contributed by atoms with Gasteiger partial charge >= 0.3 is 0 Å². The number of nitrogens with one attached hydrogen (secondary N) is 1. The molecule has 0 unspecified atom stereocenters. The molecule has 1 spiro atoms. The molecule has 2 atom stereocenters. The number of piperidine rings is 1. The molecule has 2 amide bonds. The zero-order chi connectivity index (χ0) is 19.0. The number of hydrogen-bond donors (Lipinski definition) is 1. The molecule has 3 aliphatic rings. The van der Waals surface area contributed by atoms with Crippen LogP contribution in [0.15, 0.2) is 30.3 Å². The zero-order valence-corrected chi connectivity index (χ0v) is 16.4. The van der Waals surface area contributed by atoms with Crippen LogP contribution in [0.4, 0.5) is 0 Å². The number of hydrogen-bond acceptors (Lipinski definition) is 4. The summed E-state index contributed by atoms with van der Waals surface area (Å²) < 4.78 is 0. The van der Waals surface area contributed by atoms with Gasteiger partial charge in [0.15, 0.2) is 0 Å². The van der Waals surface area contributed by atoms with Crippen LogP contribution in [-0.4, -0.2) is 85.4 Å². The van der Waals surface area contributed by atoms with E-state index in [4.69, 9.17) is 0 Å². The molecule has 6 heteroatoms. The number of carbonyl (C=O) groups is 2. The highest BCUT2D eigenvalue weighted by molar-refractivity contribution is 6.03. The predicted octanol–water partition coefficient (Wildman–Crippen LogP) is 0.755. The van der Waals surface area contributed by atoms with Gasteiger partial charge in [-0.1, -0.05) is 30.3 Å². The summed E-state index contributed by atoms with van der Waals surface area (Å²) in [7, 11) is 4.34. The third kappa shape index (κ3) is 3.36. The fourth-order valence-corrected chi connectivity index (χ4v) is 4.94. The van der Waals surface area contributed by atoms with Crippen LogP contribution in [0, 0.1) is 5.92 Å². The molecule has 1 aromatic carbocycles. The second-order valence-corrected chi connectivity index (χ2v) is 8.45. The normalized spacial score (nSPS) is 29.1. The Labute approximate surface area is 161 Å². The molecule has 0 bridgehead atoms. The van der Waals surface area contributed by atoms with Gasteiger partial charge in [-0.2, -0.15) is 0 Å². The molecule has 0 saturated carbocycles. The minimum Gasteiger partial charge on any atom is -0.355 e. The molecule has 3 fully saturated rings. The highest BCUT2D eigenvalue weighted by Crippen LogP contribution is 2.35. The Morgan fingerprint density at radius 3 is 2.48 bits per heavy atom. The second-order valence-electron chi connectivity index (χ2n) is 8.45. The molecule has 6 nitrogen and oxygen atoms in total. The Morgan fingerprint density at radius 1 is 1.07 bits per heavy atom. The molecule has 146 valence electrons. The number of benzene rings is 1. The van der Waals surface area contributed by atoms with Crippen molar-refractivity contribution in [3.05, 3.63) is 35.9 Å². The van der Waals surface area contributed by atoms with Crippen molar-refractivity contribution in [3.8, 4) is 0 Å². The minimum atomic E-state index is -0.598. The lowest BCUT2D eigenvalue weighted by Gasteiger charge is -2.53. The van der Waals surface area contributed by atoms with Gasteiger partial charge in [-0.3, -0.25) is 14.5 Å². The number of nitrogens with zero attached hydrogens (tertiary/aromatic N) is 3. The van der Waals surface area contributed by atoms with E-state index in [9.17, 15) is 9.59 Å². The van der Waals surface area contributed by atoms with E-state index < -0.39 is 5.92 Å². The summed E-state index contributed by atoms with van der Waals surface area (Å²) in [6.07, 6.45) is 2.14. The van der Waals surface area contributed by atoms with Crippen LogP contribution in [0.25, 0.3) is 0 Å². The van der Waals surface area contributed by atoms with Crippen molar-refractivity contribution in [2.75, 3.05) is 53.4 Å². The number of carbonyl (C=O) groups excluding carboxylic acids is 2. The van der Waals surface area contributed by atoms with E-state index in [-0.39, 0.29) is 23.3 Å². The van der Waals surface area contributed by atoms with Gasteiger partial charge in [-0.05, 0) is 45.6 Å². The van der Waals surface area contributed by atoms with Gasteiger partial charge in [0, 0.05) is 37.6 Å². The first-order valence-electron chi connectivity index (χ1n) is 10.0. The maximum Gasteiger partial charge on any atom is 0.235 e. The lowest BCUT2D eigenvalue weighted by atomic mass is 9.82. The molecule has 4 rings (SSSR count). The number of likely N-dealkylation sites (N-methyl/N-ethyl adjacent to an activating group) is 1. The molecule has 3 saturated heterocycles. The van der Waals surface area contributed by atoms with Crippen molar-refractivity contribution in [1.82, 2.24) is 20.0 Å². The molecular formula is C21H30N4O2. The van der Waals surface area contributed by atoms with Gasteiger partial charge in [-0.15, -0.1) is 0 Å². The maximum atomic E-state index is 13.4. The quantitative estimate of drug-likeness (QED) is 0.781. The van der Waals surface area contributed by atoms with Crippen LogP contribution in [0.2, 0.25) is 0 Å². The Kier molecular flexibility index (Phi) is 4.95. The Bertz CT molecular complexity index is 699. The average molecular weight is 370 g/mol. The standard InChI is InChI=1S/C21H30N4O2/c1-23-10-8-21(9-11-23)15-25(13-12-24(21)2)20(27)18-17(14-22-19(18)26)16-6-4-3-5-7-16/h3-7,17-18H,8-15H2,1-2H3,(H,22,26)/t17-,18-/m1/s1. The fourth-order valence-electron chi connectivity index (χ4n) is 4.94. The van der Waals surface area contributed by atoms with Gasteiger partial charge in [0.05, 0.1) is 0 Å². The lowest BCUT2D eigenvalue weighted by molar-refractivity contribution is -0.146. The van der Waals surface area contributed by atoms with Crippen molar-refractivity contribution in [1.29, 1.82) is 0 Å². The monoisotopic (exact) mass is 370 g/mol. The second kappa shape index (κ2) is 7.24.